The van der Waals surface area contributed by atoms with Gasteiger partial charge >= 0.3 is 13.8 Å². The highest BCUT2D eigenvalue weighted by atomic mass is 31.2. The Balaban J connectivity index is 3.60. The van der Waals surface area contributed by atoms with Crippen LogP contribution in [0.2, 0.25) is 0 Å². The number of phosphoric acid groups is 1. The summed E-state index contributed by atoms with van der Waals surface area (Å²) >= 11 is 0. The average Bonchev–Trinajstić information content (AvgIpc) is 3.22. The minimum absolute atomic E-state index is 0.0662. The van der Waals surface area contributed by atoms with Crippen LogP contribution in [0.1, 0.15) is 135 Å². The Morgan fingerprint density at radius 2 is 0.862 bits per heavy atom. The SMILES string of the molecule is CC/C=C\C/C=C\C/C=C\C/C=C\C/C=C\C/C=C\C/C=C\C/C=C\C/C=C\C/C=C\C/C=C\CCCCCCCCCC(=O)OCC(O)COP(=O)(O)OCCN. The number of carbonyl (C=O) groups excluding carboxylic acids is 1. The number of phosphoric ester groups is 1. The Bertz CT molecular complexity index is 1340. The van der Waals surface area contributed by atoms with Crippen molar-refractivity contribution >= 4 is 13.8 Å². The first-order valence-corrected chi connectivity index (χ1v) is 23.2. The molecule has 326 valence electrons. The Morgan fingerprint density at radius 3 is 1.24 bits per heavy atom. The van der Waals surface area contributed by atoms with E-state index >= 15 is 0 Å². The van der Waals surface area contributed by atoms with Crippen LogP contribution in [0.4, 0.5) is 0 Å². The first-order valence-electron chi connectivity index (χ1n) is 21.7. The minimum Gasteiger partial charge on any atom is -0.463 e. The zero-order valence-electron chi connectivity index (χ0n) is 35.7. The van der Waals surface area contributed by atoms with Crippen molar-refractivity contribution in [1.29, 1.82) is 0 Å². The Morgan fingerprint density at radius 1 is 0.517 bits per heavy atom. The average molecular weight is 824 g/mol. The number of carbonyl (C=O) groups is 1. The number of hydrogen-bond donors (Lipinski definition) is 3. The highest BCUT2D eigenvalue weighted by Gasteiger charge is 2.22. The highest BCUT2D eigenvalue weighted by Crippen LogP contribution is 2.42. The van der Waals surface area contributed by atoms with E-state index in [4.69, 9.17) is 10.5 Å². The molecule has 0 saturated carbocycles. The molecular formula is C49H78NO7P. The summed E-state index contributed by atoms with van der Waals surface area (Å²) in [5.41, 5.74) is 5.20. The van der Waals surface area contributed by atoms with E-state index in [0.29, 0.717) is 0 Å². The second kappa shape index (κ2) is 44.7. The molecule has 0 aliphatic carbocycles. The van der Waals surface area contributed by atoms with Crippen LogP contribution in [0.5, 0.6) is 0 Å². The lowest BCUT2D eigenvalue weighted by molar-refractivity contribution is -0.147. The number of allylic oxidation sites excluding steroid dienone is 22. The second-order valence-electron chi connectivity index (χ2n) is 13.7. The van der Waals surface area contributed by atoms with E-state index in [0.717, 1.165) is 103 Å². The van der Waals surface area contributed by atoms with Crippen LogP contribution >= 0.6 is 7.82 Å². The molecule has 2 unspecified atom stereocenters. The lowest BCUT2D eigenvalue weighted by atomic mass is 10.1. The molecule has 2 atom stereocenters. The van der Waals surface area contributed by atoms with Crippen LogP contribution in [0.3, 0.4) is 0 Å². The summed E-state index contributed by atoms with van der Waals surface area (Å²) in [7, 11) is -4.27. The number of aliphatic hydroxyl groups is 1. The number of esters is 1. The molecule has 0 aliphatic rings. The predicted molar refractivity (Wildman–Crippen MR) is 246 cm³/mol. The lowest BCUT2D eigenvalue weighted by Gasteiger charge is -2.15. The number of ether oxygens (including phenoxy) is 1. The van der Waals surface area contributed by atoms with Crippen LogP contribution in [0, 0.1) is 0 Å². The first kappa shape index (κ1) is 54.6. The molecule has 0 aromatic heterocycles. The van der Waals surface area contributed by atoms with Crippen LogP contribution in [-0.4, -0.2) is 48.4 Å². The van der Waals surface area contributed by atoms with Gasteiger partial charge in [0.2, 0.25) is 0 Å². The molecule has 0 aliphatic heterocycles. The molecule has 0 heterocycles. The molecule has 0 radical (unpaired) electrons. The Kier molecular flexibility index (Phi) is 42.1. The van der Waals surface area contributed by atoms with Crippen LogP contribution in [-0.2, 0) is 23.1 Å². The van der Waals surface area contributed by atoms with Crippen molar-refractivity contribution in [2.45, 2.75) is 141 Å². The summed E-state index contributed by atoms with van der Waals surface area (Å²) in [6, 6.07) is 0. The molecule has 58 heavy (non-hydrogen) atoms. The molecule has 0 amide bonds. The van der Waals surface area contributed by atoms with Gasteiger partial charge in [-0.25, -0.2) is 4.57 Å². The Hall–Kier alpha value is -3.36. The maximum Gasteiger partial charge on any atom is 0.472 e. The summed E-state index contributed by atoms with van der Waals surface area (Å²) in [4.78, 5) is 21.2. The van der Waals surface area contributed by atoms with E-state index in [-0.39, 0.29) is 26.2 Å². The van der Waals surface area contributed by atoms with Gasteiger partial charge in [-0.3, -0.25) is 13.8 Å². The molecule has 0 aromatic rings. The van der Waals surface area contributed by atoms with Gasteiger partial charge in [-0.1, -0.05) is 173 Å². The largest absolute Gasteiger partial charge is 0.472 e. The zero-order valence-corrected chi connectivity index (χ0v) is 36.6. The Labute approximate surface area is 353 Å². The van der Waals surface area contributed by atoms with E-state index in [9.17, 15) is 19.4 Å². The zero-order chi connectivity index (χ0) is 42.3. The monoisotopic (exact) mass is 824 g/mol. The van der Waals surface area contributed by atoms with Gasteiger partial charge in [-0.15, -0.1) is 0 Å². The van der Waals surface area contributed by atoms with Crippen molar-refractivity contribution in [3.05, 3.63) is 134 Å². The van der Waals surface area contributed by atoms with E-state index in [1.165, 1.54) is 19.3 Å². The van der Waals surface area contributed by atoms with Gasteiger partial charge in [-0.05, 0) is 89.9 Å². The van der Waals surface area contributed by atoms with E-state index in [2.05, 4.69) is 150 Å². The minimum atomic E-state index is -4.27. The summed E-state index contributed by atoms with van der Waals surface area (Å²) in [5, 5.41) is 9.77. The van der Waals surface area contributed by atoms with Crippen molar-refractivity contribution in [2.24, 2.45) is 5.73 Å². The van der Waals surface area contributed by atoms with Gasteiger partial charge in [0, 0.05) is 13.0 Å². The number of hydrogen-bond acceptors (Lipinski definition) is 7. The molecule has 9 heteroatoms. The van der Waals surface area contributed by atoms with E-state index in [1.807, 2.05) is 0 Å². The van der Waals surface area contributed by atoms with Gasteiger partial charge in [0.25, 0.3) is 0 Å². The molecule has 0 aromatic carbocycles. The van der Waals surface area contributed by atoms with E-state index in [1.54, 1.807) is 0 Å². The number of rotatable bonds is 39. The van der Waals surface area contributed by atoms with Crippen molar-refractivity contribution in [1.82, 2.24) is 0 Å². The van der Waals surface area contributed by atoms with Gasteiger partial charge in [0.05, 0.1) is 13.2 Å². The van der Waals surface area contributed by atoms with Crippen LogP contribution in [0.15, 0.2) is 134 Å². The normalized spacial score (nSPS) is 14.8. The van der Waals surface area contributed by atoms with Crippen molar-refractivity contribution in [3.63, 3.8) is 0 Å². The molecule has 8 nitrogen and oxygen atoms in total. The van der Waals surface area contributed by atoms with Crippen molar-refractivity contribution in [3.8, 4) is 0 Å². The van der Waals surface area contributed by atoms with Crippen molar-refractivity contribution < 1.29 is 33.1 Å². The first-order chi connectivity index (χ1) is 28.4. The third-order valence-corrected chi connectivity index (χ3v) is 9.27. The van der Waals surface area contributed by atoms with Crippen LogP contribution in [0.25, 0.3) is 0 Å². The fourth-order valence-corrected chi connectivity index (χ4v) is 5.88. The topological polar surface area (TPSA) is 128 Å². The number of unbranched alkanes of at least 4 members (excludes halogenated alkanes) is 7. The van der Waals surface area contributed by atoms with E-state index < -0.39 is 26.5 Å². The van der Waals surface area contributed by atoms with Crippen molar-refractivity contribution in [2.75, 3.05) is 26.4 Å². The maximum atomic E-state index is 11.8. The second-order valence-corrected chi connectivity index (χ2v) is 15.1. The molecule has 0 saturated heterocycles. The third-order valence-electron chi connectivity index (χ3n) is 8.28. The molecule has 0 rings (SSSR count). The highest BCUT2D eigenvalue weighted by molar-refractivity contribution is 7.47. The fourth-order valence-electron chi connectivity index (χ4n) is 5.11. The van der Waals surface area contributed by atoms with Gasteiger partial charge in [0.15, 0.2) is 0 Å². The summed E-state index contributed by atoms with van der Waals surface area (Å²) < 4.78 is 25.7. The molecule has 4 N–H and O–H groups in total. The smallest absolute Gasteiger partial charge is 0.463 e. The summed E-state index contributed by atoms with van der Waals surface area (Å²) in [6.07, 6.45) is 67.7. The number of aliphatic hydroxyl groups excluding tert-OH is 1. The summed E-state index contributed by atoms with van der Waals surface area (Å²) in [6.45, 7) is 1.30. The number of nitrogens with two attached hydrogens (primary N) is 1. The lowest BCUT2D eigenvalue weighted by Crippen LogP contribution is -2.23. The molecule has 0 spiro atoms. The molecular weight excluding hydrogens is 746 g/mol. The predicted octanol–water partition coefficient (Wildman–Crippen LogP) is 12.9. The van der Waals surface area contributed by atoms with Crippen LogP contribution < -0.4 is 5.73 Å². The quantitative estimate of drug-likeness (QED) is 0.0242. The molecule has 0 bridgehead atoms. The maximum absolute atomic E-state index is 11.8. The van der Waals surface area contributed by atoms with Gasteiger partial charge in [-0.2, -0.15) is 0 Å². The van der Waals surface area contributed by atoms with Gasteiger partial charge in [0.1, 0.15) is 12.7 Å². The fraction of sp³-hybridized carbons (Fsp3) is 0.531. The summed E-state index contributed by atoms with van der Waals surface area (Å²) in [5.74, 6) is -0.403. The van der Waals surface area contributed by atoms with Gasteiger partial charge < -0.3 is 20.5 Å². The standard InChI is InChI=1S/C49H78NO7P/c1-2-3-4-5-6-7-8-9-10-11-12-13-14-15-16-17-18-19-20-21-22-23-24-25-26-27-28-29-30-31-32-33-34-35-36-37-38-39-40-41-42-43-49(52)55-46-48(51)47-57-58(53,54)56-45-44-50/h3-4,6-7,9-10,12-13,15-16,18-19,21-22,24-25,27-28,30-31,33-34,48,51H,2,5,8,11,14,17,20,23,26,29,32,35-47,50H2,1H3,(H,53,54)/b4-3-,7-6-,10-9-,13-12-,16-15-,19-18-,22-21-,25-24-,28-27-,31-30-,34-33-. The third kappa shape index (κ3) is 45.3. The molecule has 0 fully saturated rings.